The van der Waals surface area contributed by atoms with Crippen LogP contribution in [0.15, 0.2) is 11.6 Å². The van der Waals surface area contributed by atoms with Gasteiger partial charge < -0.3 is 24.1 Å². The minimum atomic E-state index is -0.746. The van der Waals surface area contributed by atoms with Crippen molar-refractivity contribution < 1.29 is 28.8 Å². The highest BCUT2D eigenvalue weighted by atomic mass is 16.7. The second-order valence-electron chi connectivity index (χ2n) is 8.29. The molecule has 3 rings (SSSR count). The summed E-state index contributed by atoms with van der Waals surface area (Å²) in [6, 6.07) is 0. The zero-order valence-corrected chi connectivity index (χ0v) is 15.9. The van der Waals surface area contributed by atoms with Crippen LogP contribution in [0.5, 0.6) is 0 Å². The van der Waals surface area contributed by atoms with Gasteiger partial charge in [0.25, 0.3) is 0 Å². The molecule has 3 aliphatic rings. The van der Waals surface area contributed by atoms with E-state index in [0.717, 1.165) is 12.0 Å². The van der Waals surface area contributed by atoms with Crippen LogP contribution in [0.1, 0.15) is 40.5 Å². The standard InChI is InChI=1S/C19H30O6/c1-10-7-13(22-5)16(21)15-12-9-18(3,4)19(12,25-17(15)23-6)14(8-10)24-11(2)20/h7,12-17,21H,8-9H2,1-6H3/b10-7-/t12-,13-,14+,15+,16+,17-,19-/m0/s1. The maximum Gasteiger partial charge on any atom is 0.303 e. The first kappa shape index (κ1) is 18.8. The first-order chi connectivity index (χ1) is 11.7. The zero-order chi connectivity index (χ0) is 18.6. The monoisotopic (exact) mass is 354 g/mol. The third-order valence-corrected chi connectivity index (χ3v) is 6.41. The van der Waals surface area contributed by atoms with Gasteiger partial charge in [0, 0.05) is 39.4 Å². The average Bonchev–Trinajstić information content (AvgIpc) is 2.82. The molecule has 2 bridgehead atoms. The van der Waals surface area contributed by atoms with Crippen LogP contribution in [0.3, 0.4) is 0 Å². The summed E-state index contributed by atoms with van der Waals surface area (Å²) in [5.41, 5.74) is 0.164. The lowest BCUT2D eigenvalue weighted by Gasteiger charge is -2.61. The number of aliphatic hydroxyl groups is 1. The predicted octanol–water partition coefficient (Wildman–Crippen LogP) is 2.05. The maximum atomic E-state index is 11.8. The summed E-state index contributed by atoms with van der Waals surface area (Å²) in [6.07, 6.45) is 1.20. The minimum absolute atomic E-state index is 0.0451. The molecule has 1 aliphatic heterocycles. The molecule has 1 N–H and O–H groups in total. The zero-order valence-electron chi connectivity index (χ0n) is 15.9. The lowest BCUT2D eigenvalue weighted by atomic mass is 9.47. The summed E-state index contributed by atoms with van der Waals surface area (Å²) in [7, 11) is 3.18. The van der Waals surface area contributed by atoms with Gasteiger partial charge in [0.2, 0.25) is 0 Å². The number of methoxy groups -OCH3 is 2. The number of aliphatic hydroxyl groups excluding tert-OH is 1. The third-order valence-electron chi connectivity index (χ3n) is 6.41. The second-order valence-corrected chi connectivity index (χ2v) is 8.29. The lowest BCUT2D eigenvalue weighted by molar-refractivity contribution is -0.279. The van der Waals surface area contributed by atoms with Gasteiger partial charge in [0.05, 0.1) is 6.10 Å². The number of ether oxygens (including phenoxy) is 4. The van der Waals surface area contributed by atoms with Crippen molar-refractivity contribution in [3.8, 4) is 0 Å². The molecule has 0 aromatic carbocycles. The number of esters is 1. The molecule has 2 aliphatic carbocycles. The molecule has 0 amide bonds. The fourth-order valence-electron chi connectivity index (χ4n) is 5.36. The second kappa shape index (κ2) is 6.34. The van der Waals surface area contributed by atoms with Gasteiger partial charge >= 0.3 is 5.97 Å². The molecule has 7 atom stereocenters. The van der Waals surface area contributed by atoms with Gasteiger partial charge in [-0.3, -0.25) is 4.79 Å². The van der Waals surface area contributed by atoms with Gasteiger partial charge in [-0.05, 0) is 18.8 Å². The molecule has 25 heavy (non-hydrogen) atoms. The van der Waals surface area contributed by atoms with Crippen LogP contribution >= 0.6 is 0 Å². The van der Waals surface area contributed by atoms with E-state index in [1.807, 2.05) is 13.0 Å². The summed E-state index contributed by atoms with van der Waals surface area (Å²) < 4.78 is 23.3. The first-order valence-electron chi connectivity index (χ1n) is 8.94. The van der Waals surface area contributed by atoms with E-state index in [1.54, 1.807) is 14.2 Å². The Morgan fingerprint density at radius 1 is 1.32 bits per heavy atom. The summed E-state index contributed by atoms with van der Waals surface area (Å²) in [5.74, 6) is -0.510. The van der Waals surface area contributed by atoms with Crippen molar-refractivity contribution >= 4 is 5.97 Å². The van der Waals surface area contributed by atoms with Crippen molar-refractivity contribution in [1.82, 2.24) is 0 Å². The van der Waals surface area contributed by atoms with Crippen molar-refractivity contribution in [3.05, 3.63) is 11.6 Å². The molecule has 0 aromatic heterocycles. The molecule has 142 valence electrons. The molecule has 0 spiro atoms. The Morgan fingerprint density at radius 3 is 2.52 bits per heavy atom. The van der Waals surface area contributed by atoms with Crippen molar-refractivity contribution in [2.45, 2.75) is 70.7 Å². The van der Waals surface area contributed by atoms with Crippen molar-refractivity contribution in [1.29, 1.82) is 0 Å². The molecule has 0 radical (unpaired) electrons. The molecule has 6 nitrogen and oxygen atoms in total. The van der Waals surface area contributed by atoms with E-state index in [-0.39, 0.29) is 23.2 Å². The van der Waals surface area contributed by atoms with Gasteiger partial charge in [0.1, 0.15) is 17.8 Å². The van der Waals surface area contributed by atoms with Crippen molar-refractivity contribution in [2.75, 3.05) is 14.2 Å². The van der Waals surface area contributed by atoms with Gasteiger partial charge in [-0.1, -0.05) is 25.5 Å². The van der Waals surface area contributed by atoms with Crippen LogP contribution < -0.4 is 0 Å². The van der Waals surface area contributed by atoms with Crippen LogP contribution in [0, 0.1) is 17.3 Å². The molecule has 0 unspecified atom stereocenters. The van der Waals surface area contributed by atoms with Crippen LogP contribution in [-0.4, -0.2) is 55.5 Å². The minimum Gasteiger partial charge on any atom is -0.459 e. The van der Waals surface area contributed by atoms with Crippen molar-refractivity contribution in [3.63, 3.8) is 0 Å². The fraction of sp³-hybridized carbons (Fsp3) is 0.842. The highest BCUT2D eigenvalue weighted by Crippen LogP contribution is 2.67. The Bertz CT molecular complexity index is 570. The van der Waals surface area contributed by atoms with E-state index in [1.165, 1.54) is 6.92 Å². The van der Waals surface area contributed by atoms with E-state index in [0.29, 0.717) is 6.42 Å². The first-order valence-corrected chi connectivity index (χ1v) is 8.94. The van der Waals surface area contributed by atoms with Crippen LogP contribution in [0.4, 0.5) is 0 Å². The normalized spacial score (nSPS) is 47.4. The Balaban J connectivity index is 2.11. The Kier molecular flexibility index (Phi) is 4.77. The van der Waals surface area contributed by atoms with E-state index in [2.05, 4.69) is 13.8 Å². The topological polar surface area (TPSA) is 74.2 Å². The third kappa shape index (κ3) is 2.65. The van der Waals surface area contributed by atoms with Gasteiger partial charge in [-0.25, -0.2) is 0 Å². The van der Waals surface area contributed by atoms with Crippen molar-refractivity contribution in [2.24, 2.45) is 17.3 Å². The number of carbonyl (C=O) groups excluding carboxylic acids is 1. The predicted molar refractivity (Wildman–Crippen MR) is 90.7 cm³/mol. The Morgan fingerprint density at radius 2 is 2.00 bits per heavy atom. The maximum absolute atomic E-state index is 11.8. The quantitative estimate of drug-likeness (QED) is 0.618. The number of hydrogen-bond acceptors (Lipinski definition) is 6. The van der Waals surface area contributed by atoms with E-state index in [4.69, 9.17) is 18.9 Å². The van der Waals surface area contributed by atoms with Gasteiger partial charge in [-0.15, -0.1) is 0 Å². The molecule has 6 heteroatoms. The fourth-order valence-corrected chi connectivity index (χ4v) is 5.36. The van der Waals surface area contributed by atoms with Gasteiger partial charge in [-0.2, -0.15) is 0 Å². The van der Waals surface area contributed by atoms with Crippen LogP contribution in [0.25, 0.3) is 0 Å². The Labute approximate surface area is 149 Å². The summed E-state index contributed by atoms with van der Waals surface area (Å²) in [4.78, 5) is 11.8. The molecular formula is C19H30O6. The summed E-state index contributed by atoms with van der Waals surface area (Å²) in [5, 5.41) is 11.0. The molecular weight excluding hydrogens is 324 g/mol. The molecule has 0 aromatic rings. The molecule has 1 heterocycles. The van der Waals surface area contributed by atoms with Crippen LogP contribution in [-0.2, 0) is 23.7 Å². The van der Waals surface area contributed by atoms with Crippen LogP contribution in [0.2, 0.25) is 0 Å². The van der Waals surface area contributed by atoms with E-state index in [9.17, 15) is 9.90 Å². The summed E-state index contributed by atoms with van der Waals surface area (Å²) in [6.45, 7) is 7.66. The molecule has 1 saturated carbocycles. The van der Waals surface area contributed by atoms with E-state index < -0.39 is 30.2 Å². The number of rotatable bonds is 3. The Hall–Kier alpha value is -0.950. The average molecular weight is 354 g/mol. The number of hydrogen-bond donors (Lipinski definition) is 1. The van der Waals surface area contributed by atoms with Gasteiger partial charge in [0.15, 0.2) is 6.29 Å². The van der Waals surface area contributed by atoms with E-state index >= 15 is 0 Å². The SMILES string of the molecule is CO[C@H]1O[C@]23[C@H](OC(C)=O)C/C(C)=C\[C@H](OC)[C@@H](O)[C@H]1[C@@H]2CC3(C)C. The largest absolute Gasteiger partial charge is 0.459 e. The summed E-state index contributed by atoms with van der Waals surface area (Å²) >= 11 is 0. The smallest absolute Gasteiger partial charge is 0.303 e. The molecule has 1 saturated heterocycles. The number of carbonyl (C=O) groups is 1. The highest BCUT2D eigenvalue weighted by molar-refractivity contribution is 5.66. The lowest BCUT2D eigenvalue weighted by Crippen LogP contribution is -2.68. The molecule has 2 fully saturated rings. The highest BCUT2D eigenvalue weighted by Gasteiger charge is 2.75.